The number of nitrogens with zero attached hydrogens (tertiary/aromatic N) is 1. The van der Waals surface area contributed by atoms with E-state index in [-0.39, 0.29) is 17.9 Å². The Balaban J connectivity index is 1.79. The van der Waals surface area contributed by atoms with E-state index in [0.29, 0.717) is 0 Å². The van der Waals surface area contributed by atoms with Crippen LogP contribution in [0.1, 0.15) is 25.8 Å². The number of carbonyl (C=O) groups excluding carboxylic acids is 3. The topological polar surface area (TPSA) is 63.7 Å². The average molecular weight is 353 g/mol. The molecule has 0 saturated carbocycles. The second-order valence-corrected chi connectivity index (χ2v) is 7.14. The summed E-state index contributed by atoms with van der Waals surface area (Å²) >= 11 is 0. The first kappa shape index (κ1) is 16.3. The van der Waals surface area contributed by atoms with Crippen LogP contribution in [0.4, 0.5) is 18.9 Å². The molecule has 1 aromatic carbocycles. The number of alkyl halides is 3. The first-order chi connectivity index (χ1) is 11.5. The highest BCUT2D eigenvalue weighted by atomic mass is 19.4. The molecule has 8 heteroatoms. The first-order valence-electron chi connectivity index (χ1n) is 7.77. The zero-order valence-corrected chi connectivity index (χ0v) is 13.4. The third kappa shape index (κ3) is 1.91. The van der Waals surface area contributed by atoms with Gasteiger partial charge < -0.3 is 4.74 Å². The van der Waals surface area contributed by atoms with Crippen molar-refractivity contribution in [3.8, 4) is 0 Å². The van der Waals surface area contributed by atoms with Gasteiger partial charge in [0.1, 0.15) is 5.60 Å². The quantitative estimate of drug-likeness (QED) is 0.727. The normalized spacial score (nSPS) is 37.2. The van der Waals surface area contributed by atoms with Gasteiger partial charge in [0.05, 0.1) is 28.7 Å². The van der Waals surface area contributed by atoms with Crippen molar-refractivity contribution >= 4 is 23.3 Å². The number of benzene rings is 1. The van der Waals surface area contributed by atoms with Crippen molar-refractivity contribution in [1.29, 1.82) is 0 Å². The van der Waals surface area contributed by atoms with Crippen LogP contribution in [0.3, 0.4) is 0 Å². The Hall–Kier alpha value is -2.22. The van der Waals surface area contributed by atoms with Gasteiger partial charge in [0.25, 0.3) is 0 Å². The van der Waals surface area contributed by atoms with E-state index in [4.69, 9.17) is 4.74 Å². The Bertz CT molecular complexity index is 835. The largest absolute Gasteiger partial charge is 0.416 e. The minimum Gasteiger partial charge on any atom is -0.359 e. The monoisotopic (exact) mass is 353 g/mol. The van der Waals surface area contributed by atoms with Gasteiger partial charge in [-0.05, 0) is 32.0 Å². The zero-order chi connectivity index (χ0) is 18.4. The molecule has 4 rings (SSSR count). The SMILES string of the molecule is CC12CC(=O)[C@](C)(O1)[C@H]1C(=O)N(c3cccc(C(F)(F)F)c3)C(=O)[C@H]12. The molecule has 2 amide bonds. The van der Waals surface area contributed by atoms with Crippen LogP contribution < -0.4 is 4.90 Å². The summed E-state index contributed by atoms with van der Waals surface area (Å²) in [6.07, 6.45) is -4.58. The van der Waals surface area contributed by atoms with Gasteiger partial charge in [-0.1, -0.05) is 6.07 Å². The van der Waals surface area contributed by atoms with Crippen molar-refractivity contribution in [3.63, 3.8) is 0 Å². The first-order valence-corrected chi connectivity index (χ1v) is 7.77. The van der Waals surface area contributed by atoms with E-state index in [1.807, 2.05) is 0 Å². The summed E-state index contributed by atoms with van der Waals surface area (Å²) in [6, 6.07) is 4.06. The third-order valence-electron chi connectivity index (χ3n) is 5.50. The molecule has 0 spiro atoms. The summed E-state index contributed by atoms with van der Waals surface area (Å²) in [5.41, 5.74) is -3.59. The maximum Gasteiger partial charge on any atom is 0.416 e. The van der Waals surface area contributed by atoms with E-state index in [2.05, 4.69) is 0 Å². The molecule has 3 saturated heterocycles. The maximum atomic E-state index is 12.9. The summed E-state index contributed by atoms with van der Waals surface area (Å²) in [5, 5.41) is 0. The lowest BCUT2D eigenvalue weighted by molar-refractivity contribution is -0.140. The lowest BCUT2D eigenvalue weighted by Gasteiger charge is -2.26. The molecule has 3 fully saturated rings. The fourth-order valence-corrected chi connectivity index (χ4v) is 4.40. The number of hydrogen-bond donors (Lipinski definition) is 0. The number of imide groups is 1. The van der Waals surface area contributed by atoms with Crippen LogP contribution in [0.25, 0.3) is 0 Å². The molecule has 132 valence electrons. The van der Waals surface area contributed by atoms with E-state index in [1.165, 1.54) is 13.0 Å². The molecule has 1 unspecified atom stereocenters. The van der Waals surface area contributed by atoms with Crippen molar-refractivity contribution in [2.45, 2.75) is 37.6 Å². The van der Waals surface area contributed by atoms with Gasteiger partial charge >= 0.3 is 6.18 Å². The molecule has 1 aromatic rings. The molecule has 3 heterocycles. The summed E-state index contributed by atoms with van der Waals surface area (Å²) in [7, 11) is 0. The van der Waals surface area contributed by atoms with Crippen molar-refractivity contribution < 1.29 is 32.3 Å². The standard InChI is InChI=1S/C17H14F3NO4/c1-15-7-10(22)16(2,25-15)12-11(15)13(23)21(14(12)24)9-5-3-4-8(6-9)17(18,19)20/h3-6,11-12H,7H2,1-2H3/t11-,12+,15?,16-/m0/s1. The highest BCUT2D eigenvalue weighted by Crippen LogP contribution is 2.59. The van der Waals surface area contributed by atoms with Gasteiger partial charge in [-0.2, -0.15) is 13.2 Å². The predicted octanol–water partition coefficient (Wildman–Crippen LogP) is 2.33. The maximum absolute atomic E-state index is 12.9. The summed E-state index contributed by atoms with van der Waals surface area (Å²) < 4.78 is 44.5. The van der Waals surface area contributed by atoms with Crippen LogP contribution in [-0.2, 0) is 25.3 Å². The minimum atomic E-state index is -4.59. The number of ketones is 1. The lowest BCUT2D eigenvalue weighted by Crippen LogP contribution is -2.46. The fraction of sp³-hybridized carbons (Fsp3) is 0.471. The predicted molar refractivity (Wildman–Crippen MR) is 78.4 cm³/mol. The Labute approximate surface area is 140 Å². The fourth-order valence-electron chi connectivity index (χ4n) is 4.40. The molecule has 0 aliphatic carbocycles. The van der Waals surface area contributed by atoms with E-state index in [1.54, 1.807) is 6.92 Å². The molecule has 0 N–H and O–H groups in total. The summed E-state index contributed by atoms with van der Waals surface area (Å²) in [4.78, 5) is 38.7. The van der Waals surface area contributed by atoms with E-state index >= 15 is 0 Å². The van der Waals surface area contributed by atoms with Gasteiger partial charge in [-0.3, -0.25) is 14.4 Å². The molecular formula is C17H14F3NO4. The van der Waals surface area contributed by atoms with Gasteiger partial charge in [-0.15, -0.1) is 0 Å². The zero-order valence-electron chi connectivity index (χ0n) is 13.4. The molecule has 0 aromatic heterocycles. The lowest BCUT2D eigenvalue weighted by atomic mass is 9.68. The second kappa shape index (κ2) is 4.49. The van der Waals surface area contributed by atoms with Gasteiger partial charge in [0.15, 0.2) is 5.78 Å². The number of carbonyl (C=O) groups is 3. The second-order valence-electron chi connectivity index (χ2n) is 7.14. The number of rotatable bonds is 1. The molecular weight excluding hydrogens is 339 g/mol. The molecule has 4 atom stereocenters. The van der Waals surface area contributed by atoms with Crippen LogP contribution in [0.5, 0.6) is 0 Å². The molecule has 25 heavy (non-hydrogen) atoms. The third-order valence-corrected chi connectivity index (χ3v) is 5.50. The Morgan fingerprint density at radius 3 is 2.40 bits per heavy atom. The van der Waals surface area contributed by atoms with Crippen LogP contribution in [-0.4, -0.2) is 28.8 Å². The number of ether oxygens (including phenoxy) is 1. The van der Waals surface area contributed by atoms with Gasteiger partial charge in [0.2, 0.25) is 11.8 Å². The molecule has 3 aliphatic heterocycles. The summed E-state index contributed by atoms with van der Waals surface area (Å²) in [5.74, 6) is -3.43. The number of amides is 2. The average Bonchev–Trinajstić information content (AvgIpc) is 3.00. The number of anilines is 1. The van der Waals surface area contributed by atoms with Crippen LogP contribution in [0.15, 0.2) is 24.3 Å². The Kier molecular flexibility index (Phi) is 2.92. The number of hydrogen-bond acceptors (Lipinski definition) is 4. The van der Waals surface area contributed by atoms with Crippen LogP contribution in [0, 0.1) is 11.8 Å². The molecule has 2 bridgehead atoms. The smallest absolute Gasteiger partial charge is 0.359 e. The Morgan fingerprint density at radius 2 is 1.76 bits per heavy atom. The van der Waals surface area contributed by atoms with Crippen LogP contribution in [0.2, 0.25) is 0 Å². The van der Waals surface area contributed by atoms with Crippen molar-refractivity contribution in [2.24, 2.45) is 11.8 Å². The van der Waals surface area contributed by atoms with E-state index < -0.39 is 46.6 Å². The van der Waals surface area contributed by atoms with Crippen molar-refractivity contribution in [1.82, 2.24) is 0 Å². The minimum absolute atomic E-state index is 0.0140. The molecule has 0 radical (unpaired) electrons. The van der Waals surface area contributed by atoms with E-state index in [0.717, 1.165) is 23.1 Å². The van der Waals surface area contributed by atoms with Crippen molar-refractivity contribution in [3.05, 3.63) is 29.8 Å². The van der Waals surface area contributed by atoms with E-state index in [9.17, 15) is 27.6 Å². The molecule has 5 nitrogen and oxygen atoms in total. The highest BCUT2D eigenvalue weighted by Gasteiger charge is 2.76. The van der Waals surface area contributed by atoms with Crippen molar-refractivity contribution in [2.75, 3.05) is 4.90 Å². The summed E-state index contributed by atoms with van der Waals surface area (Å²) in [6.45, 7) is 3.08. The van der Waals surface area contributed by atoms with Gasteiger partial charge in [-0.25, -0.2) is 4.90 Å². The number of fused-ring (bicyclic) bond motifs is 5. The Morgan fingerprint density at radius 1 is 1.12 bits per heavy atom. The van der Waals surface area contributed by atoms with Crippen LogP contribution >= 0.6 is 0 Å². The number of Topliss-reactive ketones (excluding diaryl/α,β-unsaturated/α-hetero) is 1. The van der Waals surface area contributed by atoms with Gasteiger partial charge in [0, 0.05) is 6.42 Å². The molecule has 3 aliphatic rings. The highest BCUT2D eigenvalue weighted by molar-refractivity contribution is 6.25. The number of halogens is 3.